The van der Waals surface area contributed by atoms with Crippen molar-refractivity contribution in [2.24, 2.45) is 0 Å². The minimum absolute atomic E-state index is 0.196. The molecule has 1 N–H and O–H groups in total. The third kappa shape index (κ3) is 4.31. The van der Waals surface area contributed by atoms with E-state index in [1.807, 2.05) is 0 Å². The van der Waals surface area contributed by atoms with Crippen molar-refractivity contribution >= 4 is 8.07 Å². The molecular weight excluding hydrogens is 290 g/mol. The maximum atomic E-state index is 5.83. The Bertz CT molecular complexity index is 523. The van der Waals surface area contributed by atoms with Gasteiger partial charge in [0.2, 0.25) is 5.88 Å². The van der Waals surface area contributed by atoms with Crippen molar-refractivity contribution in [3.8, 4) is 17.3 Å². The van der Waals surface area contributed by atoms with Gasteiger partial charge < -0.3 is 10.1 Å². The number of aromatic nitrogens is 2. The SMILES string of the molecule is CC[Si](C#Cc1cnc(O[C@H]2CN[C@@H](C)C2)cn1)(CC)CC. The van der Waals surface area contributed by atoms with Gasteiger partial charge in [0, 0.05) is 19.0 Å². The summed E-state index contributed by atoms with van der Waals surface area (Å²) in [4.78, 5) is 8.73. The van der Waals surface area contributed by atoms with E-state index in [1.54, 1.807) is 12.4 Å². The molecular formula is C17H27N3OSi. The molecule has 2 heterocycles. The number of nitrogens with zero attached hydrogens (tertiary/aromatic N) is 2. The molecule has 2 atom stereocenters. The first-order valence-electron chi connectivity index (χ1n) is 8.36. The Hall–Kier alpha value is -1.38. The Morgan fingerprint density at radius 2 is 1.95 bits per heavy atom. The van der Waals surface area contributed by atoms with Crippen LogP contribution in [0, 0.1) is 11.5 Å². The molecule has 1 aliphatic heterocycles. The van der Waals surface area contributed by atoms with Crippen LogP contribution in [0.15, 0.2) is 12.4 Å². The zero-order valence-electron chi connectivity index (χ0n) is 14.1. The smallest absolute Gasteiger partial charge is 0.232 e. The summed E-state index contributed by atoms with van der Waals surface area (Å²) < 4.78 is 5.83. The predicted molar refractivity (Wildman–Crippen MR) is 92.6 cm³/mol. The van der Waals surface area contributed by atoms with Gasteiger partial charge in [0.15, 0.2) is 0 Å². The molecule has 0 unspecified atom stereocenters. The lowest BCUT2D eigenvalue weighted by Gasteiger charge is -2.19. The number of hydrogen-bond acceptors (Lipinski definition) is 4. The molecule has 120 valence electrons. The highest BCUT2D eigenvalue weighted by atomic mass is 28.3. The minimum Gasteiger partial charge on any atom is -0.472 e. The average Bonchev–Trinajstić information content (AvgIpc) is 2.96. The first kappa shape index (κ1) is 17.0. The molecule has 0 aromatic carbocycles. The highest BCUT2D eigenvalue weighted by molar-refractivity contribution is 6.87. The van der Waals surface area contributed by atoms with Crippen LogP contribution in [-0.4, -0.2) is 36.7 Å². The molecule has 1 aromatic heterocycles. The van der Waals surface area contributed by atoms with Crippen LogP contribution in [0.2, 0.25) is 18.1 Å². The third-order valence-corrected chi connectivity index (χ3v) is 9.43. The van der Waals surface area contributed by atoms with Gasteiger partial charge in [-0.15, -0.1) is 5.54 Å². The molecule has 0 radical (unpaired) electrons. The first-order chi connectivity index (χ1) is 10.6. The molecule has 0 spiro atoms. The Morgan fingerprint density at radius 1 is 1.23 bits per heavy atom. The highest BCUT2D eigenvalue weighted by Gasteiger charge is 2.24. The summed E-state index contributed by atoms with van der Waals surface area (Å²) in [6.45, 7) is 9.81. The van der Waals surface area contributed by atoms with Crippen LogP contribution in [0.5, 0.6) is 5.88 Å². The minimum atomic E-state index is -1.42. The molecule has 1 aromatic rings. The maximum Gasteiger partial charge on any atom is 0.232 e. The van der Waals surface area contributed by atoms with Gasteiger partial charge in [-0.05, 0) is 25.1 Å². The van der Waals surface area contributed by atoms with Gasteiger partial charge in [-0.1, -0.05) is 26.7 Å². The number of ether oxygens (including phenoxy) is 1. The van der Waals surface area contributed by atoms with E-state index in [0.29, 0.717) is 11.9 Å². The molecule has 1 fully saturated rings. The highest BCUT2D eigenvalue weighted by Crippen LogP contribution is 2.19. The summed E-state index contributed by atoms with van der Waals surface area (Å²) >= 11 is 0. The van der Waals surface area contributed by atoms with Gasteiger partial charge in [-0.2, -0.15) is 0 Å². The Morgan fingerprint density at radius 3 is 2.45 bits per heavy atom. The molecule has 22 heavy (non-hydrogen) atoms. The molecule has 0 amide bonds. The largest absolute Gasteiger partial charge is 0.472 e. The third-order valence-electron chi connectivity index (χ3n) is 4.71. The van der Waals surface area contributed by atoms with E-state index in [-0.39, 0.29) is 6.10 Å². The van der Waals surface area contributed by atoms with Crippen molar-refractivity contribution in [1.29, 1.82) is 0 Å². The molecule has 0 bridgehead atoms. The lowest BCUT2D eigenvalue weighted by atomic mass is 10.2. The maximum absolute atomic E-state index is 5.83. The van der Waals surface area contributed by atoms with Crippen molar-refractivity contribution in [3.05, 3.63) is 18.1 Å². The van der Waals surface area contributed by atoms with Crippen molar-refractivity contribution in [3.63, 3.8) is 0 Å². The lowest BCUT2D eigenvalue weighted by Crippen LogP contribution is -2.29. The van der Waals surface area contributed by atoms with E-state index in [9.17, 15) is 0 Å². The molecule has 5 heteroatoms. The Labute approximate surface area is 135 Å². The van der Waals surface area contributed by atoms with Crippen LogP contribution in [0.1, 0.15) is 39.8 Å². The normalized spacial score (nSPS) is 21.3. The monoisotopic (exact) mass is 317 g/mol. The van der Waals surface area contributed by atoms with Gasteiger partial charge in [-0.25, -0.2) is 9.97 Å². The molecule has 1 saturated heterocycles. The number of hydrogen-bond donors (Lipinski definition) is 1. The second kappa shape index (κ2) is 7.75. The zero-order chi connectivity index (χ0) is 16.0. The summed E-state index contributed by atoms with van der Waals surface area (Å²) in [5, 5.41) is 3.37. The Kier molecular flexibility index (Phi) is 5.98. The summed E-state index contributed by atoms with van der Waals surface area (Å²) in [5.41, 5.74) is 4.28. The van der Waals surface area contributed by atoms with E-state index in [4.69, 9.17) is 4.74 Å². The van der Waals surface area contributed by atoms with Crippen molar-refractivity contribution < 1.29 is 4.74 Å². The second-order valence-corrected chi connectivity index (χ2v) is 11.0. The number of rotatable bonds is 5. The van der Waals surface area contributed by atoms with Crippen LogP contribution in [0.3, 0.4) is 0 Å². The second-order valence-electron chi connectivity index (χ2n) is 6.12. The van der Waals surface area contributed by atoms with E-state index in [0.717, 1.165) is 18.7 Å². The molecule has 0 aliphatic carbocycles. The van der Waals surface area contributed by atoms with Gasteiger partial charge in [0.25, 0.3) is 0 Å². The average molecular weight is 318 g/mol. The lowest BCUT2D eigenvalue weighted by molar-refractivity contribution is 0.210. The van der Waals surface area contributed by atoms with Crippen LogP contribution in [-0.2, 0) is 0 Å². The molecule has 0 saturated carbocycles. The van der Waals surface area contributed by atoms with Gasteiger partial charge in [0.1, 0.15) is 19.9 Å². The molecule has 1 aliphatic rings. The Balaban J connectivity index is 2.00. The summed E-state index contributed by atoms with van der Waals surface area (Å²) in [5.74, 6) is 3.83. The fourth-order valence-electron chi connectivity index (χ4n) is 2.81. The first-order valence-corrected chi connectivity index (χ1v) is 11.0. The van der Waals surface area contributed by atoms with E-state index < -0.39 is 8.07 Å². The van der Waals surface area contributed by atoms with Gasteiger partial charge in [-0.3, -0.25) is 0 Å². The zero-order valence-corrected chi connectivity index (χ0v) is 15.1. The van der Waals surface area contributed by atoms with Crippen molar-refractivity contribution in [2.45, 2.75) is 64.4 Å². The van der Waals surface area contributed by atoms with Crippen molar-refractivity contribution in [1.82, 2.24) is 15.3 Å². The molecule has 2 rings (SSSR count). The number of nitrogens with one attached hydrogen (secondary N) is 1. The van der Waals surface area contributed by atoms with Crippen LogP contribution >= 0.6 is 0 Å². The fourth-order valence-corrected chi connectivity index (χ4v) is 5.23. The van der Waals surface area contributed by atoms with Crippen molar-refractivity contribution in [2.75, 3.05) is 6.54 Å². The van der Waals surface area contributed by atoms with Crippen LogP contribution in [0.25, 0.3) is 0 Å². The standard InChI is InChI=1S/C17H27N3OSi/c1-5-22(6-2,7-3)9-8-15-11-20-17(13-19-15)21-16-10-14(4)18-12-16/h11,13-14,16,18H,5-7,10,12H2,1-4H3/t14-,16+/m0/s1. The topological polar surface area (TPSA) is 47.0 Å². The van der Waals surface area contributed by atoms with Gasteiger partial charge in [0.05, 0.1) is 12.4 Å². The summed E-state index contributed by atoms with van der Waals surface area (Å²) in [6, 6.07) is 4.12. The summed E-state index contributed by atoms with van der Waals surface area (Å²) in [6.07, 6.45) is 4.64. The van der Waals surface area contributed by atoms with Crippen LogP contribution in [0.4, 0.5) is 0 Å². The van der Waals surface area contributed by atoms with E-state index in [2.05, 4.69) is 54.4 Å². The quantitative estimate of drug-likeness (QED) is 0.670. The predicted octanol–water partition coefficient (Wildman–Crippen LogP) is 3.01. The van der Waals surface area contributed by atoms with Crippen LogP contribution < -0.4 is 10.1 Å². The summed E-state index contributed by atoms with van der Waals surface area (Å²) in [7, 11) is -1.42. The van der Waals surface area contributed by atoms with E-state index in [1.165, 1.54) is 18.1 Å². The fraction of sp³-hybridized carbons (Fsp3) is 0.647. The molecule has 4 nitrogen and oxygen atoms in total. The van der Waals surface area contributed by atoms with E-state index >= 15 is 0 Å². The van der Waals surface area contributed by atoms with Gasteiger partial charge >= 0.3 is 0 Å².